The van der Waals surface area contributed by atoms with Gasteiger partial charge in [-0.15, -0.1) is 0 Å². The first-order valence-corrected chi connectivity index (χ1v) is 21.4. The molecular weight excluding hydrogens is 712 g/mol. The zero-order chi connectivity index (χ0) is 39.4. The number of ether oxygens (including phenoxy) is 4. The Hall–Kier alpha value is -5.25. The maximum atomic E-state index is 18.0. The van der Waals surface area contributed by atoms with Crippen LogP contribution < -0.4 is 29.6 Å². The van der Waals surface area contributed by atoms with Gasteiger partial charge < -0.3 is 23.5 Å². The van der Waals surface area contributed by atoms with E-state index in [9.17, 15) is 0 Å². The topological polar surface area (TPSA) is 54.0 Å². The summed E-state index contributed by atoms with van der Waals surface area (Å²) < 4.78 is 42.4. The number of hydrogen-bond acceptors (Lipinski definition) is 5. The molecule has 0 radical (unpaired) electrons. The Morgan fingerprint density at radius 3 is 1.27 bits per heavy atom. The molecule has 0 spiro atoms. The van der Waals surface area contributed by atoms with E-state index in [0.717, 1.165) is 61.5 Å². The first-order chi connectivity index (χ1) is 27.0. The van der Waals surface area contributed by atoms with Crippen LogP contribution in [0.25, 0.3) is 44.5 Å². The Balaban J connectivity index is 1.56. The minimum atomic E-state index is -3.66. The first kappa shape index (κ1) is 37.7. The van der Waals surface area contributed by atoms with Crippen LogP contribution in [0.5, 0.6) is 23.0 Å². The summed E-state index contributed by atoms with van der Waals surface area (Å²) in [7, 11) is 3.12. The largest absolute Gasteiger partial charge is 0.496 e. The second-order valence-electron chi connectivity index (χ2n) is 16.5. The van der Waals surface area contributed by atoms with Crippen molar-refractivity contribution in [3.05, 3.63) is 131 Å². The molecule has 0 saturated carbocycles. The minimum Gasteiger partial charge on any atom is -0.496 e. The molecule has 2 aliphatic rings. The average molecular weight is 763 g/mol. The molecule has 56 heavy (non-hydrogen) atoms. The number of benzene rings is 6. The summed E-state index contributed by atoms with van der Waals surface area (Å²) in [4.78, 5) is 0. The summed E-state index contributed by atoms with van der Waals surface area (Å²) in [6, 6.07) is 37.8. The molecule has 0 amide bonds. The Morgan fingerprint density at radius 1 is 0.518 bits per heavy atom. The van der Waals surface area contributed by atoms with Crippen LogP contribution in [0.4, 0.5) is 0 Å². The molecule has 0 fully saturated rings. The van der Waals surface area contributed by atoms with Gasteiger partial charge in [-0.1, -0.05) is 113 Å². The molecule has 0 aromatic heterocycles. The highest BCUT2D eigenvalue weighted by Crippen LogP contribution is 2.59. The first-order valence-electron chi connectivity index (χ1n) is 19.5. The molecular formula is C50H51O5P. The number of rotatable bonds is 11. The van der Waals surface area contributed by atoms with Gasteiger partial charge in [-0.3, -0.25) is 0 Å². The Labute approximate surface area is 332 Å². The second-order valence-corrected chi connectivity index (χ2v) is 19.2. The lowest BCUT2D eigenvalue weighted by atomic mass is 9.86. The van der Waals surface area contributed by atoms with Crippen molar-refractivity contribution in [1.82, 2.24) is 0 Å². The quantitative estimate of drug-likeness (QED) is 0.123. The van der Waals surface area contributed by atoms with Gasteiger partial charge in [-0.25, -0.2) is 0 Å². The van der Waals surface area contributed by atoms with E-state index < -0.39 is 7.14 Å². The van der Waals surface area contributed by atoms with Crippen molar-refractivity contribution in [2.75, 3.05) is 34.6 Å². The van der Waals surface area contributed by atoms with Gasteiger partial charge in [0.2, 0.25) is 0 Å². The summed E-state index contributed by atoms with van der Waals surface area (Å²) in [6.45, 7) is 9.11. The predicted octanol–water partition coefficient (Wildman–Crippen LogP) is 11.6. The summed E-state index contributed by atoms with van der Waals surface area (Å²) >= 11 is 0. The smallest absolute Gasteiger partial charge is 0.145 e. The van der Waals surface area contributed by atoms with E-state index in [1.54, 1.807) is 28.4 Å². The van der Waals surface area contributed by atoms with Gasteiger partial charge in [0.1, 0.15) is 30.1 Å². The zero-order valence-corrected chi connectivity index (χ0v) is 34.7. The van der Waals surface area contributed by atoms with Crippen molar-refractivity contribution >= 4 is 17.8 Å². The maximum absolute atomic E-state index is 18.0. The van der Waals surface area contributed by atoms with E-state index in [0.29, 0.717) is 42.0 Å². The molecule has 2 aliphatic carbocycles. The molecule has 0 N–H and O–H groups in total. The lowest BCUT2D eigenvalue weighted by Gasteiger charge is -2.33. The fraction of sp³-hybridized carbons (Fsp3) is 0.280. The van der Waals surface area contributed by atoms with Crippen molar-refractivity contribution < 1.29 is 23.5 Å². The molecule has 0 bridgehead atoms. The molecule has 1 atom stereocenters. The van der Waals surface area contributed by atoms with Crippen molar-refractivity contribution in [2.24, 2.45) is 11.3 Å². The van der Waals surface area contributed by atoms with E-state index in [-0.39, 0.29) is 11.3 Å². The maximum Gasteiger partial charge on any atom is 0.145 e. The van der Waals surface area contributed by atoms with Crippen LogP contribution in [-0.2, 0) is 17.4 Å². The Morgan fingerprint density at radius 2 is 0.893 bits per heavy atom. The van der Waals surface area contributed by atoms with E-state index in [2.05, 4.69) is 100 Å². The molecule has 6 aromatic rings. The lowest BCUT2D eigenvalue weighted by Crippen LogP contribution is -2.30. The molecule has 6 aromatic carbocycles. The van der Waals surface area contributed by atoms with Crippen molar-refractivity contribution in [3.8, 4) is 67.5 Å². The van der Waals surface area contributed by atoms with E-state index in [4.69, 9.17) is 18.9 Å². The minimum absolute atomic E-state index is 0.0252. The molecule has 1 unspecified atom stereocenters. The van der Waals surface area contributed by atoms with Crippen molar-refractivity contribution in [1.29, 1.82) is 0 Å². The summed E-state index contributed by atoms with van der Waals surface area (Å²) in [5, 5.41) is 1.77. The van der Waals surface area contributed by atoms with Crippen LogP contribution in [0.3, 0.4) is 0 Å². The van der Waals surface area contributed by atoms with Crippen LogP contribution >= 0.6 is 7.14 Å². The molecule has 6 heteroatoms. The average Bonchev–Trinajstić information content (AvgIpc) is 3.76. The number of methoxy groups -OCH3 is 4. The van der Waals surface area contributed by atoms with Crippen molar-refractivity contribution in [2.45, 2.75) is 47.0 Å². The van der Waals surface area contributed by atoms with E-state index >= 15 is 4.57 Å². The zero-order valence-electron chi connectivity index (χ0n) is 33.8. The monoisotopic (exact) mass is 762 g/mol. The third-order valence-corrected chi connectivity index (χ3v) is 15.2. The predicted molar refractivity (Wildman–Crippen MR) is 231 cm³/mol. The highest BCUT2D eigenvalue weighted by atomic mass is 31.2. The summed E-state index contributed by atoms with van der Waals surface area (Å²) in [5.74, 6) is 2.81. The van der Waals surface area contributed by atoms with Crippen LogP contribution in [0.15, 0.2) is 109 Å². The highest BCUT2D eigenvalue weighted by molar-refractivity contribution is 7.79. The van der Waals surface area contributed by atoms with Crippen LogP contribution in [0.1, 0.15) is 56.4 Å². The van der Waals surface area contributed by atoms with Crippen molar-refractivity contribution in [3.63, 3.8) is 0 Å². The highest BCUT2D eigenvalue weighted by Gasteiger charge is 2.43. The van der Waals surface area contributed by atoms with Crippen LogP contribution in [-0.4, -0.2) is 34.6 Å². The van der Waals surface area contributed by atoms with Gasteiger partial charge in [-0.05, 0) is 99.4 Å². The summed E-state index contributed by atoms with van der Waals surface area (Å²) in [6.07, 6.45) is 2.72. The lowest BCUT2D eigenvalue weighted by molar-refractivity contribution is 0.321. The van der Waals surface area contributed by atoms with Gasteiger partial charge in [-0.2, -0.15) is 0 Å². The number of hydrogen-bond donors (Lipinski definition) is 0. The second kappa shape index (κ2) is 14.7. The van der Waals surface area contributed by atoms with E-state index in [1.807, 2.05) is 36.4 Å². The van der Waals surface area contributed by atoms with Gasteiger partial charge >= 0.3 is 0 Å². The van der Waals surface area contributed by atoms with Crippen LogP contribution in [0, 0.1) is 11.3 Å². The van der Waals surface area contributed by atoms with Gasteiger partial charge in [0.25, 0.3) is 0 Å². The molecule has 0 saturated heterocycles. The Bertz CT molecular complexity index is 2320. The van der Waals surface area contributed by atoms with Crippen LogP contribution in [0.2, 0.25) is 0 Å². The third kappa shape index (κ3) is 6.31. The Kier molecular flexibility index (Phi) is 9.87. The SMILES string of the molecule is COc1cccc(OC)c1-c1ccc2c(c1P(=O)(CC(C)CC(C)(C)C)c1c(-c3c(OC)cccc3OC)ccc3c1Cc1ccccc1-3)Cc1ccccc1-2. The van der Waals surface area contributed by atoms with E-state index in [1.165, 1.54) is 22.3 Å². The third-order valence-electron chi connectivity index (χ3n) is 11.6. The molecule has 5 nitrogen and oxygen atoms in total. The number of fused-ring (bicyclic) bond motifs is 6. The summed E-state index contributed by atoms with van der Waals surface area (Å²) in [5.41, 5.74) is 12.7. The van der Waals surface area contributed by atoms with Gasteiger partial charge in [0.05, 0.1) is 39.6 Å². The normalized spacial score (nSPS) is 13.4. The molecule has 286 valence electrons. The van der Waals surface area contributed by atoms with Gasteiger partial charge in [0.15, 0.2) is 0 Å². The fourth-order valence-electron chi connectivity index (χ4n) is 9.70. The molecule has 0 heterocycles. The molecule has 0 aliphatic heterocycles. The van der Waals surface area contributed by atoms with Gasteiger partial charge in [0, 0.05) is 27.9 Å². The fourth-order valence-corrected chi connectivity index (χ4v) is 13.7. The molecule has 8 rings (SSSR count). The standard InChI is InChI=1S/C50H51O5P/c1-31(29-50(2,3)4)30-56(51,48-38(46-42(52-5)19-13-20-43(46)53-6)25-23-36-34-17-11-9-15-32(34)27-40(36)48)49-39(47-44(54-7)21-14-22-45(47)55-8)26-24-37-35-18-12-10-16-33(35)28-41(37)49/h9-26,31H,27-30H2,1-8H3.